The molecule has 0 spiro atoms. The van der Waals surface area contributed by atoms with Crippen molar-refractivity contribution in [1.82, 2.24) is 0 Å². The van der Waals surface area contributed by atoms with E-state index in [1.807, 2.05) is 18.2 Å². The maximum atomic E-state index is 12.1. The Morgan fingerprint density at radius 3 is 2.07 bits per heavy atom. The van der Waals surface area contributed by atoms with Crippen LogP contribution in [-0.4, -0.2) is 38.4 Å². The van der Waals surface area contributed by atoms with Crippen LogP contribution < -0.4 is 4.74 Å². The van der Waals surface area contributed by atoms with E-state index in [0.29, 0.717) is 41.0 Å². The minimum atomic E-state index is -1.96. The van der Waals surface area contributed by atoms with Gasteiger partial charge in [0, 0.05) is 5.56 Å². The highest BCUT2D eigenvalue weighted by Crippen LogP contribution is 2.42. The third-order valence-electron chi connectivity index (χ3n) is 5.69. The van der Waals surface area contributed by atoms with Crippen LogP contribution in [0, 0.1) is 0 Å². The lowest BCUT2D eigenvalue weighted by atomic mass is 10.0. The summed E-state index contributed by atoms with van der Waals surface area (Å²) in [5.41, 5.74) is 1.61. The summed E-state index contributed by atoms with van der Waals surface area (Å²) in [4.78, 5) is 23.3. The summed E-state index contributed by atoms with van der Waals surface area (Å²) < 4.78 is 12.4. The van der Waals surface area contributed by atoms with Gasteiger partial charge in [0.2, 0.25) is 0 Å². The van der Waals surface area contributed by atoms with Crippen molar-refractivity contribution in [2.24, 2.45) is 0 Å². The number of carbonyl (C=O) groups is 2. The molecule has 0 aliphatic carbocycles. The van der Waals surface area contributed by atoms with E-state index in [1.165, 1.54) is 6.07 Å². The third kappa shape index (κ3) is 4.87. The van der Waals surface area contributed by atoms with Gasteiger partial charge in [0.05, 0.1) is 6.61 Å². The fraction of sp³-hybridized carbons (Fsp3) is 0.478. The molecule has 0 aliphatic heterocycles. The van der Waals surface area contributed by atoms with E-state index in [9.17, 15) is 9.59 Å². The average molecular weight is 417 g/mol. The van der Waals surface area contributed by atoms with E-state index >= 15 is 0 Å². The maximum Gasteiger partial charge on any atom is 0.377 e. The van der Waals surface area contributed by atoms with Crippen molar-refractivity contribution >= 4 is 30.8 Å². The van der Waals surface area contributed by atoms with Gasteiger partial charge in [-0.25, -0.2) is 4.79 Å². The van der Waals surface area contributed by atoms with Crippen LogP contribution in [0.1, 0.15) is 51.9 Å². The number of ketones is 1. The molecule has 2 aromatic carbocycles. The van der Waals surface area contributed by atoms with Gasteiger partial charge in [0.15, 0.2) is 8.32 Å². The number of benzene rings is 2. The van der Waals surface area contributed by atoms with Crippen LogP contribution in [0.15, 0.2) is 36.4 Å². The Hall–Kier alpha value is -2.18. The number of hydrogen-bond donors (Lipinski definition) is 1. The predicted molar refractivity (Wildman–Crippen MR) is 118 cm³/mol. The Labute approximate surface area is 174 Å². The molecule has 0 unspecified atom stereocenters. The number of Topliss-reactive ketones (excluding diaryl/α,β-unsaturated/α-hetero) is 1. The van der Waals surface area contributed by atoms with Gasteiger partial charge in [0.1, 0.15) is 12.4 Å². The average Bonchev–Trinajstić information content (AvgIpc) is 2.65. The molecule has 0 atom stereocenters. The first-order valence-corrected chi connectivity index (χ1v) is 12.3. The third-order valence-corrected chi connectivity index (χ3v) is 11.8. The number of carboxylic acids is 1. The number of rotatable bonds is 10. The second-order valence-corrected chi connectivity index (χ2v) is 13.8. The molecule has 6 heteroatoms. The maximum absolute atomic E-state index is 12.1. The van der Waals surface area contributed by atoms with Crippen LogP contribution in [0.2, 0.25) is 16.6 Å². The minimum Gasteiger partial charge on any atom is -0.491 e. The van der Waals surface area contributed by atoms with Crippen LogP contribution in [0.25, 0.3) is 10.8 Å². The van der Waals surface area contributed by atoms with Gasteiger partial charge in [-0.2, -0.15) is 0 Å². The van der Waals surface area contributed by atoms with Crippen LogP contribution in [0.5, 0.6) is 5.75 Å². The molecular weight excluding hydrogens is 384 g/mol. The van der Waals surface area contributed by atoms with E-state index in [2.05, 4.69) is 41.5 Å². The lowest BCUT2D eigenvalue weighted by molar-refractivity contribution is -0.131. The molecule has 0 fully saturated rings. The first-order valence-electron chi connectivity index (χ1n) is 10.2. The molecule has 1 N–H and O–H groups in total. The van der Waals surface area contributed by atoms with E-state index in [1.54, 1.807) is 12.1 Å². The smallest absolute Gasteiger partial charge is 0.377 e. The molecule has 0 saturated heterocycles. The Bertz CT molecular complexity index is 851. The van der Waals surface area contributed by atoms with Crippen LogP contribution in [0.4, 0.5) is 0 Å². The normalized spacial score (nSPS) is 12.2. The lowest BCUT2D eigenvalue weighted by Gasteiger charge is -2.42. The molecule has 29 heavy (non-hydrogen) atoms. The largest absolute Gasteiger partial charge is 0.491 e. The van der Waals surface area contributed by atoms with E-state index in [4.69, 9.17) is 14.3 Å². The molecule has 0 saturated carbocycles. The van der Waals surface area contributed by atoms with Gasteiger partial charge in [0.25, 0.3) is 5.78 Å². The van der Waals surface area contributed by atoms with Crippen molar-refractivity contribution in [3.05, 3.63) is 42.0 Å². The Morgan fingerprint density at radius 2 is 1.52 bits per heavy atom. The highest BCUT2D eigenvalue weighted by atomic mass is 28.4. The monoisotopic (exact) mass is 416 g/mol. The summed E-state index contributed by atoms with van der Waals surface area (Å²) >= 11 is 0. The second-order valence-electron chi connectivity index (χ2n) is 8.34. The fourth-order valence-electron chi connectivity index (χ4n) is 4.55. The Morgan fingerprint density at radius 1 is 0.931 bits per heavy atom. The van der Waals surface area contributed by atoms with Crippen molar-refractivity contribution in [3.8, 4) is 5.75 Å². The Kier molecular flexibility index (Phi) is 7.60. The molecule has 0 bridgehead atoms. The molecule has 2 aromatic rings. The van der Waals surface area contributed by atoms with Gasteiger partial charge in [-0.15, -0.1) is 0 Å². The van der Waals surface area contributed by atoms with Crippen LogP contribution in [0.3, 0.4) is 0 Å². The zero-order valence-corrected chi connectivity index (χ0v) is 19.2. The summed E-state index contributed by atoms with van der Waals surface area (Å²) in [6.45, 7) is 14.2. The summed E-state index contributed by atoms with van der Waals surface area (Å²) in [7, 11) is -1.96. The molecule has 2 rings (SSSR count). The number of carboxylic acid groups (broad SMARTS) is 1. The summed E-state index contributed by atoms with van der Waals surface area (Å²) in [5, 5.41) is 10.5. The summed E-state index contributed by atoms with van der Waals surface area (Å²) in [6, 6.07) is 10.5. The number of carbonyl (C=O) groups excluding carboxylic acids is 1. The van der Waals surface area contributed by atoms with Gasteiger partial charge < -0.3 is 14.3 Å². The number of aliphatic carboxylic acids is 1. The van der Waals surface area contributed by atoms with Gasteiger partial charge >= 0.3 is 5.97 Å². The standard InChI is InChI=1S/C23H32O5Si/c1-15(2)29(16(3)4,17(5)6)28-12-11-27-19-13-18-9-7-8-10-20(18)21(14-19)22(24)23(25)26/h7-10,13-17H,11-12H2,1-6H3,(H,25,26). The minimum absolute atomic E-state index is 0.141. The van der Waals surface area contributed by atoms with E-state index < -0.39 is 20.1 Å². The molecule has 0 aliphatic rings. The van der Waals surface area contributed by atoms with E-state index in [0.717, 1.165) is 5.39 Å². The molecular formula is C23H32O5Si. The van der Waals surface area contributed by atoms with Crippen molar-refractivity contribution in [2.75, 3.05) is 13.2 Å². The summed E-state index contributed by atoms with van der Waals surface area (Å²) in [6.07, 6.45) is 0. The number of fused-ring (bicyclic) bond motifs is 1. The first kappa shape index (κ1) is 23.1. The molecule has 158 valence electrons. The summed E-state index contributed by atoms with van der Waals surface area (Å²) in [5.74, 6) is -1.94. The fourth-order valence-corrected chi connectivity index (χ4v) is 9.98. The second kappa shape index (κ2) is 9.54. The zero-order valence-electron chi connectivity index (χ0n) is 18.2. The van der Waals surface area contributed by atoms with Crippen LogP contribution >= 0.6 is 0 Å². The topological polar surface area (TPSA) is 72.8 Å². The highest BCUT2D eigenvalue weighted by molar-refractivity contribution is 6.77. The molecule has 0 aromatic heterocycles. The quantitative estimate of drug-likeness (QED) is 0.233. The number of ether oxygens (including phenoxy) is 1. The predicted octanol–water partition coefficient (Wildman–Crippen LogP) is 5.68. The number of hydrogen-bond acceptors (Lipinski definition) is 4. The molecule has 0 radical (unpaired) electrons. The van der Waals surface area contributed by atoms with Gasteiger partial charge in [-0.3, -0.25) is 4.79 Å². The van der Waals surface area contributed by atoms with Gasteiger partial charge in [-0.1, -0.05) is 65.8 Å². The van der Waals surface area contributed by atoms with Crippen LogP contribution in [-0.2, 0) is 9.22 Å². The van der Waals surface area contributed by atoms with Gasteiger partial charge in [-0.05, 0) is 39.5 Å². The Balaban J connectivity index is 2.19. The molecule has 5 nitrogen and oxygen atoms in total. The van der Waals surface area contributed by atoms with E-state index in [-0.39, 0.29) is 5.56 Å². The van der Waals surface area contributed by atoms with Crippen molar-refractivity contribution in [1.29, 1.82) is 0 Å². The highest BCUT2D eigenvalue weighted by Gasteiger charge is 2.44. The first-order chi connectivity index (χ1) is 13.6. The molecule has 0 amide bonds. The lowest BCUT2D eigenvalue weighted by Crippen LogP contribution is -2.48. The SMILES string of the molecule is CC(C)[Si](OCCOc1cc(C(=O)C(=O)O)c2ccccc2c1)(C(C)C)C(C)C. The van der Waals surface area contributed by atoms with Crippen molar-refractivity contribution in [3.63, 3.8) is 0 Å². The zero-order chi connectivity index (χ0) is 21.8. The molecule has 0 heterocycles. The van der Waals surface area contributed by atoms with Crippen molar-refractivity contribution in [2.45, 2.75) is 58.2 Å². The van der Waals surface area contributed by atoms with Crippen molar-refractivity contribution < 1.29 is 23.9 Å².